The maximum atomic E-state index is 9.51. The Bertz CT molecular complexity index is 846. The van der Waals surface area contributed by atoms with E-state index in [-0.39, 0.29) is 0 Å². The van der Waals surface area contributed by atoms with Crippen LogP contribution in [0, 0.1) is 0 Å². The van der Waals surface area contributed by atoms with E-state index in [0.29, 0.717) is 24.3 Å². The van der Waals surface area contributed by atoms with Gasteiger partial charge in [-0.15, -0.1) is 0 Å². The molecule has 2 N–H and O–H groups in total. The van der Waals surface area contributed by atoms with Gasteiger partial charge in [0.05, 0.1) is 24.6 Å². The number of benzene rings is 2. The van der Waals surface area contributed by atoms with Crippen LogP contribution in [0.25, 0.3) is 0 Å². The number of oxime groups is 2. The molecule has 0 unspecified atom stereocenters. The van der Waals surface area contributed by atoms with E-state index in [0.717, 1.165) is 74.4 Å². The molecular formula is C32H48N2O4. The number of hydrogen-bond donors (Lipinski definition) is 2. The smallest absolute Gasteiger partial charge is 0.119 e. The minimum Gasteiger partial charge on any atom is -0.494 e. The van der Waals surface area contributed by atoms with Gasteiger partial charge in [-0.1, -0.05) is 75.5 Å². The Labute approximate surface area is 229 Å². The predicted molar refractivity (Wildman–Crippen MR) is 157 cm³/mol. The second-order valence-corrected chi connectivity index (χ2v) is 9.87. The Kier molecular flexibility index (Phi) is 16.4. The molecule has 6 heteroatoms. The Balaban J connectivity index is 1.65. The standard InChI is InChI=1S/C32H48N2O4/c1-3-5-7-13-25-37-29-21-17-27(18-22-29)31(33-35)15-11-9-10-12-16-32(34-36)28-19-23-30(24-20-28)38-26-14-8-6-4-2/h17-24,35-36H,3-16,25-26H2,1-2H3/b33-31-,34-32-. The van der Waals surface area contributed by atoms with E-state index < -0.39 is 0 Å². The van der Waals surface area contributed by atoms with Crippen molar-refractivity contribution >= 4 is 11.4 Å². The summed E-state index contributed by atoms with van der Waals surface area (Å²) in [6.45, 7) is 5.88. The first kappa shape index (κ1) is 31.2. The minimum atomic E-state index is 0.699. The highest BCUT2D eigenvalue weighted by Crippen LogP contribution is 2.18. The first-order chi connectivity index (χ1) is 18.7. The topological polar surface area (TPSA) is 83.6 Å². The first-order valence-electron chi connectivity index (χ1n) is 14.6. The molecule has 2 aromatic carbocycles. The summed E-state index contributed by atoms with van der Waals surface area (Å²) in [5.74, 6) is 1.71. The van der Waals surface area contributed by atoms with E-state index in [9.17, 15) is 10.4 Å². The molecule has 0 atom stereocenters. The normalized spacial score (nSPS) is 12.1. The molecular weight excluding hydrogens is 476 g/mol. The Morgan fingerprint density at radius 3 is 1.24 bits per heavy atom. The van der Waals surface area contributed by atoms with Gasteiger partial charge in [-0.05, 0) is 98.2 Å². The molecule has 0 radical (unpaired) electrons. The van der Waals surface area contributed by atoms with Crippen LogP contribution in [0.15, 0.2) is 58.8 Å². The van der Waals surface area contributed by atoms with Gasteiger partial charge in [0, 0.05) is 0 Å². The predicted octanol–water partition coefficient (Wildman–Crippen LogP) is 9.00. The van der Waals surface area contributed by atoms with Crippen LogP contribution >= 0.6 is 0 Å². The Morgan fingerprint density at radius 1 is 0.526 bits per heavy atom. The summed E-state index contributed by atoms with van der Waals surface area (Å²) in [5, 5.41) is 26.1. The first-order valence-corrected chi connectivity index (χ1v) is 14.6. The quantitative estimate of drug-likeness (QED) is 0.0738. The molecule has 0 aromatic heterocycles. The van der Waals surface area contributed by atoms with E-state index in [1.165, 1.54) is 38.5 Å². The lowest BCUT2D eigenvalue weighted by Gasteiger charge is -2.09. The van der Waals surface area contributed by atoms with E-state index in [1.807, 2.05) is 48.5 Å². The van der Waals surface area contributed by atoms with Crippen molar-refractivity contribution in [2.24, 2.45) is 10.3 Å². The molecule has 0 aliphatic rings. The highest BCUT2D eigenvalue weighted by Gasteiger charge is 2.08. The monoisotopic (exact) mass is 524 g/mol. The lowest BCUT2D eigenvalue weighted by Crippen LogP contribution is -2.03. The third-order valence-corrected chi connectivity index (χ3v) is 6.73. The minimum absolute atomic E-state index is 0.699. The van der Waals surface area contributed by atoms with Crippen molar-refractivity contribution in [3.8, 4) is 11.5 Å². The fourth-order valence-corrected chi connectivity index (χ4v) is 4.37. The van der Waals surface area contributed by atoms with Crippen molar-refractivity contribution < 1.29 is 19.9 Å². The summed E-state index contributed by atoms with van der Waals surface area (Å²) >= 11 is 0. The molecule has 0 aliphatic heterocycles. The zero-order chi connectivity index (χ0) is 27.3. The molecule has 0 spiro atoms. The summed E-state index contributed by atoms with van der Waals surface area (Å²) < 4.78 is 11.6. The number of unbranched alkanes of at least 4 members (excludes halogenated alkanes) is 9. The van der Waals surface area contributed by atoms with Crippen LogP contribution in [0.4, 0.5) is 0 Å². The number of ether oxygens (including phenoxy) is 2. The zero-order valence-corrected chi connectivity index (χ0v) is 23.5. The van der Waals surface area contributed by atoms with Gasteiger partial charge in [0.1, 0.15) is 11.5 Å². The van der Waals surface area contributed by atoms with Gasteiger partial charge < -0.3 is 19.9 Å². The van der Waals surface area contributed by atoms with Gasteiger partial charge in [0.15, 0.2) is 0 Å². The Hall–Kier alpha value is -3.02. The van der Waals surface area contributed by atoms with Crippen LogP contribution in [0.5, 0.6) is 11.5 Å². The second kappa shape index (κ2) is 20.0. The molecule has 0 saturated carbocycles. The van der Waals surface area contributed by atoms with Crippen LogP contribution in [0.2, 0.25) is 0 Å². The van der Waals surface area contributed by atoms with Crippen LogP contribution in [-0.4, -0.2) is 35.1 Å². The molecule has 210 valence electrons. The third kappa shape index (κ3) is 12.5. The highest BCUT2D eigenvalue weighted by atomic mass is 16.5. The average molecular weight is 525 g/mol. The van der Waals surface area contributed by atoms with Crippen molar-refractivity contribution in [2.75, 3.05) is 13.2 Å². The lowest BCUT2D eigenvalue weighted by molar-refractivity contribution is 0.305. The number of hydrogen-bond acceptors (Lipinski definition) is 6. The fourth-order valence-electron chi connectivity index (χ4n) is 4.37. The fraction of sp³-hybridized carbons (Fsp3) is 0.562. The maximum Gasteiger partial charge on any atom is 0.119 e. The zero-order valence-electron chi connectivity index (χ0n) is 23.5. The molecule has 0 bridgehead atoms. The molecule has 0 amide bonds. The molecule has 0 heterocycles. The molecule has 0 aliphatic carbocycles. The van der Waals surface area contributed by atoms with Crippen molar-refractivity contribution in [1.29, 1.82) is 0 Å². The van der Waals surface area contributed by atoms with Gasteiger partial charge in [-0.2, -0.15) is 0 Å². The van der Waals surface area contributed by atoms with Crippen molar-refractivity contribution in [3.05, 3.63) is 59.7 Å². The van der Waals surface area contributed by atoms with E-state index in [2.05, 4.69) is 24.2 Å². The van der Waals surface area contributed by atoms with Crippen LogP contribution in [0.3, 0.4) is 0 Å². The largest absolute Gasteiger partial charge is 0.494 e. The summed E-state index contributed by atoms with van der Waals surface area (Å²) in [4.78, 5) is 0. The van der Waals surface area contributed by atoms with Gasteiger partial charge in [-0.3, -0.25) is 0 Å². The molecule has 2 rings (SSSR count). The van der Waals surface area contributed by atoms with Crippen LogP contribution < -0.4 is 9.47 Å². The molecule has 2 aromatic rings. The SMILES string of the molecule is CCCCCCOc1ccc(/C(CCCCCC/C(=N/O)c2ccc(OCCCCCC)cc2)=N\O)cc1. The second-order valence-electron chi connectivity index (χ2n) is 9.87. The number of nitrogens with zero attached hydrogens (tertiary/aromatic N) is 2. The van der Waals surface area contributed by atoms with Crippen molar-refractivity contribution in [2.45, 2.75) is 104 Å². The van der Waals surface area contributed by atoms with Crippen molar-refractivity contribution in [3.63, 3.8) is 0 Å². The van der Waals surface area contributed by atoms with E-state index >= 15 is 0 Å². The van der Waals surface area contributed by atoms with Crippen LogP contribution in [-0.2, 0) is 0 Å². The Morgan fingerprint density at radius 2 is 0.895 bits per heavy atom. The van der Waals surface area contributed by atoms with Gasteiger partial charge in [-0.25, -0.2) is 0 Å². The summed E-state index contributed by atoms with van der Waals surface area (Å²) in [6.07, 6.45) is 14.8. The van der Waals surface area contributed by atoms with E-state index in [4.69, 9.17) is 9.47 Å². The summed E-state index contributed by atoms with van der Waals surface area (Å²) in [5.41, 5.74) is 3.25. The summed E-state index contributed by atoms with van der Waals surface area (Å²) in [7, 11) is 0. The maximum absolute atomic E-state index is 9.51. The van der Waals surface area contributed by atoms with Gasteiger partial charge >= 0.3 is 0 Å². The van der Waals surface area contributed by atoms with E-state index in [1.54, 1.807) is 0 Å². The van der Waals surface area contributed by atoms with Crippen LogP contribution in [0.1, 0.15) is 115 Å². The third-order valence-electron chi connectivity index (χ3n) is 6.73. The van der Waals surface area contributed by atoms with Gasteiger partial charge in [0.2, 0.25) is 0 Å². The van der Waals surface area contributed by atoms with Crippen molar-refractivity contribution in [1.82, 2.24) is 0 Å². The highest BCUT2D eigenvalue weighted by molar-refractivity contribution is 6.00. The lowest BCUT2D eigenvalue weighted by atomic mass is 10.0. The molecule has 6 nitrogen and oxygen atoms in total. The summed E-state index contributed by atoms with van der Waals surface area (Å²) in [6, 6.07) is 15.6. The molecule has 0 saturated heterocycles. The molecule has 38 heavy (non-hydrogen) atoms. The molecule has 0 fully saturated rings. The van der Waals surface area contributed by atoms with Gasteiger partial charge in [0.25, 0.3) is 0 Å². The number of rotatable bonds is 21. The average Bonchev–Trinajstić information content (AvgIpc) is 2.95.